The molecule has 0 aromatic heterocycles. The molecule has 6 heteroatoms. The summed E-state index contributed by atoms with van der Waals surface area (Å²) in [5.41, 5.74) is 3.53. The molecule has 3 nitrogen and oxygen atoms in total. The highest BCUT2D eigenvalue weighted by atomic mass is 19.4. The van der Waals surface area contributed by atoms with E-state index in [0.29, 0.717) is 11.1 Å². The van der Waals surface area contributed by atoms with E-state index in [4.69, 9.17) is 0 Å². The third kappa shape index (κ3) is 4.18. The fourth-order valence-corrected chi connectivity index (χ4v) is 1.69. The van der Waals surface area contributed by atoms with Gasteiger partial charge in [-0.05, 0) is 36.8 Å². The lowest BCUT2D eigenvalue weighted by atomic mass is 10.1. The Labute approximate surface area is 125 Å². The lowest BCUT2D eigenvalue weighted by molar-refractivity contribution is -0.137. The van der Waals surface area contributed by atoms with Crippen LogP contribution >= 0.6 is 0 Å². The fourth-order valence-electron chi connectivity index (χ4n) is 1.69. The molecule has 0 aliphatic rings. The molecule has 1 amide bonds. The van der Waals surface area contributed by atoms with Crippen molar-refractivity contribution < 1.29 is 18.0 Å². The number of hydrazone groups is 1. The normalized spacial score (nSPS) is 11.6. The van der Waals surface area contributed by atoms with Crippen LogP contribution in [0.1, 0.15) is 27.0 Å². The number of amides is 1. The summed E-state index contributed by atoms with van der Waals surface area (Å²) in [6.45, 7) is 1.91. The molecule has 0 atom stereocenters. The topological polar surface area (TPSA) is 41.5 Å². The van der Waals surface area contributed by atoms with Crippen LogP contribution in [0, 0.1) is 6.92 Å². The molecule has 0 aliphatic carbocycles. The molecular weight excluding hydrogens is 293 g/mol. The van der Waals surface area contributed by atoms with Crippen molar-refractivity contribution in [1.29, 1.82) is 0 Å². The first-order valence-corrected chi connectivity index (χ1v) is 6.43. The molecule has 0 spiro atoms. The molecule has 0 radical (unpaired) electrons. The number of nitrogens with zero attached hydrogens (tertiary/aromatic N) is 1. The van der Waals surface area contributed by atoms with Gasteiger partial charge in [0.25, 0.3) is 5.91 Å². The van der Waals surface area contributed by atoms with E-state index in [1.165, 1.54) is 18.3 Å². The highest BCUT2D eigenvalue weighted by Gasteiger charge is 2.29. The standard InChI is InChI=1S/C16H13F3N2O/c1-11-2-6-13(7-3-11)15(22)21-20-10-12-4-8-14(9-5-12)16(17,18)19/h2-10H,1H3,(H,21,22)/b20-10-. The monoisotopic (exact) mass is 306 g/mol. The average Bonchev–Trinajstić information content (AvgIpc) is 2.47. The Bertz CT molecular complexity index is 674. The largest absolute Gasteiger partial charge is 0.416 e. The maximum absolute atomic E-state index is 12.4. The second-order valence-corrected chi connectivity index (χ2v) is 4.68. The summed E-state index contributed by atoms with van der Waals surface area (Å²) in [5, 5.41) is 3.73. The van der Waals surface area contributed by atoms with Crippen LogP contribution in [-0.4, -0.2) is 12.1 Å². The van der Waals surface area contributed by atoms with E-state index in [-0.39, 0.29) is 5.91 Å². The van der Waals surface area contributed by atoms with Gasteiger partial charge in [-0.15, -0.1) is 0 Å². The van der Waals surface area contributed by atoms with Gasteiger partial charge in [0.2, 0.25) is 0 Å². The summed E-state index contributed by atoms with van der Waals surface area (Å²) in [6.07, 6.45) is -3.08. The summed E-state index contributed by atoms with van der Waals surface area (Å²) in [6, 6.07) is 11.4. The first-order chi connectivity index (χ1) is 10.4. The van der Waals surface area contributed by atoms with Gasteiger partial charge in [-0.2, -0.15) is 18.3 Å². The van der Waals surface area contributed by atoms with E-state index < -0.39 is 11.7 Å². The van der Waals surface area contributed by atoms with Gasteiger partial charge in [0, 0.05) is 5.56 Å². The molecule has 0 unspecified atom stereocenters. The third-order valence-electron chi connectivity index (χ3n) is 2.93. The summed E-state index contributed by atoms with van der Waals surface area (Å²) in [7, 11) is 0. The van der Waals surface area contributed by atoms with Crippen LogP contribution in [0.4, 0.5) is 13.2 Å². The van der Waals surface area contributed by atoms with Crippen molar-refractivity contribution in [3.63, 3.8) is 0 Å². The second-order valence-electron chi connectivity index (χ2n) is 4.68. The van der Waals surface area contributed by atoms with Gasteiger partial charge in [-0.1, -0.05) is 29.8 Å². The number of hydrogen-bond donors (Lipinski definition) is 1. The summed E-state index contributed by atoms with van der Waals surface area (Å²) < 4.78 is 37.2. The van der Waals surface area contributed by atoms with Gasteiger partial charge in [-0.3, -0.25) is 4.79 Å². The average molecular weight is 306 g/mol. The van der Waals surface area contributed by atoms with E-state index in [0.717, 1.165) is 17.7 Å². The number of carbonyl (C=O) groups excluding carboxylic acids is 1. The lowest BCUT2D eigenvalue weighted by Crippen LogP contribution is -2.17. The van der Waals surface area contributed by atoms with Gasteiger partial charge < -0.3 is 0 Å². The van der Waals surface area contributed by atoms with E-state index >= 15 is 0 Å². The lowest BCUT2D eigenvalue weighted by Gasteiger charge is -2.05. The minimum atomic E-state index is -4.37. The quantitative estimate of drug-likeness (QED) is 0.680. The highest BCUT2D eigenvalue weighted by molar-refractivity contribution is 5.94. The van der Waals surface area contributed by atoms with Crippen LogP contribution < -0.4 is 5.43 Å². The molecule has 0 heterocycles. The molecule has 0 aliphatic heterocycles. The van der Waals surface area contributed by atoms with E-state index in [9.17, 15) is 18.0 Å². The zero-order chi connectivity index (χ0) is 16.2. The number of nitrogens with one attached hydrogen (secondary N) is 1. The van der Waals surface area contributed by atoms with Gasteiger partial charge in [0.15, 0.2) is 0 Å². The first kappa shape index (κ1) is 15.8. The number of aryl methyl sites for hydroxylation is 1. The summed E-state index contributed by atoms with van der Waals surface area (Å²) in [5.74, 6) is -0.386. The van der Waals surface area contributed by atoms with Crippen LogP contribution in [-0.2, 0) is 6.18 Å². The molecule has 0 saturated carbocycles. The molecule has 0 saturated heterocycles. The second kappa shape index (κ2) is 6.43. The van der Waals surface area contributed by atoms with Crippen LogP contribution in [0.3, 0.4) is 0 Å². The third-order valence-corrected chi connectivity index (χ3v) is 2.93. The number of carbonyl (C=O) groups is 1. The number of benzene rings is 2. The molecule has 0 bridgehead atoms. The molecule has 2 aromatic rings. The van der Waals surface area contributed by atoms with Gasteiger partial charge >= 0.3 is 6.18 Å². The summed E-state index contributed by atoms with van der Waals surface area (Å²) >= 11 is 0. The van der Waals surface area contributed by atoms with E-state index in [2.05, 4.69) is 10.5 Å². The fraction of sp³-hybridized carbons (Fsp3) is 0.125. The zero-order valence-corrected chi connectivity index (χ0v) is 11.7. The zero-order valence-electron chi connectivity index (χ0n) is 11.7. The molecule has 22 heavy (non-hydrogen) atoms. The Morgan fingerprint density at radius 1 is 1.05 bits per heavy atom. The van der Waals surface area contributed by atoms with Crippen LogP contribution in [0.5, 0.6) is 0 Å². The van der Waals surface area contributed by atoms with Crippen molar-refractivity contribution in [3.8, 4) is 0 Å². The minimum Gasteiger partial charge on any atom is -0.267 e. The van der Waals surface area contributed by atoms with Crippen molar-refractivity contribution in [2.75, 3.05) is 0 Å². The molecule has 114 valence electrons. The van der Waals surface area contributed by atoms with Crippen molar-refractivity contribution in [1.82, 2.24) is 5.43 Å². The molecule has 1 N–H and O–H groups in total. The number of halogens is 3. The van der Waals surface area contributed by atoms with E-state index in [1.807, 2.05) is 6.92 Å². The summed E-state index contributed by atoms with van der Waals surface area (Å²) in [4.78, 5) is 11.8. The molecule has 2 aromatic carbocycles. The Morgan fingerprint density at radius 2 is 1.64 bits per heavy atom. The number of rotatable bonds is 3. The Morgan fingerprint density at radius 3 is 2.18 bits per heavy atom. The first-order valence-electron chi connectivity index (χ1n) is 6.43. The van der Waals surface area contributed by atoms with Gasteiger partial charge in [-0.25, -0.2) is 5.43 Å². The highest BCUT2D eigenvalue weighted by Crippen LogP contribution is 2.28. The van der Waals surface area contributed by atoms with Crippen molar-refractivity contribution in [3.05, 3.63) is 70.8 Å². The van der Waals surface area contributed by atoms with Crippen LogP contribution in [0.25, 0.3) is 0 Å². The Kier molecular flexibility index (Phi) is 4.60. The minimum absolute atomic E-state index is 0.386. The number of hydrogen-bond acceptors (Lipinski definition) is 2. The Hall–Kier alpha value is -2.63. The maximum atomic E-state index is 12.4. The predicted molar refractivity (Wildman–Crippen MR) is 77.7 cm³/mol. The van der Waals surface area contributed by atoms with Crippen molar-refractivity contribution >= 4 is 12.1 Å². The Balaban J connectivity index is 1.97. The van der Waals surface area contributed by atoms with Gasteiger partial charge in [0.1, 0.15) is 0 Å². The maximum Gasteiger partial charge on any atom is 0.416 e. The predicted octanol–water partition coefficient (Wildman–Crippen LogP) is 3.78. The molecular formula is C16H13F3N2O. The van der Waals surface area contributed by atoms with E-state index in [1.54, 1.807) is 24.3 Å². The van der Waals surface area contributed by atoms with Crippen LogP contribution in [0.2, 0.25) is 0 Å². The van der Waals surface area contributed by atoms with Crippen molar-refractivity contribution in [2.24, 2.45) is 5.10 Å². The molecule has 2 rings (SSSR count). The van der Waals surface area contributed by atoms with Gasteiger partial charge in [0.05, 0.1) is 11.8 Å². The van der Waals surface area contributed by atoms with Crippen molar-refractivity contribution in [2.45, 2.75) is 13.1 Å². The SMILES string of the molecule is Cc1ccc(C(=O)N/N=C\c2ccc(C(F)(F)F)cc2)cc1. The molecule has 0 fully saturated rings. The number of alkyl halides is 3. The van der Waals surface area contributed by atoms with Crippen LogP contribution in [0.15, 0.2) is 53.6 Å². The smallest absolute Gasteiger partial charge is 0.267 e.